The van der Waals surface area contributed by atoms with E-state index in [-0.39, 0.29) is 12.1 Å². The van der Waals surface area contributed by atoms with Crippen molar-refractivity contribution in [2.75, 3.05) is 23.3 Å². The molecule has 7 heteroatoms. The number of azide groups is 1. The van der Waals surface area contributed by atoms with Crippen molar-refractivity contribution >= 4 is 11.8 Å². The van der Waals surface area contributed by atoms with Crippen LogP contribution in [0.1, 0.15) is 31.4 Å². The molecular formula is C17H21N7. The van der Waals surface area contributed by atoms with Crippen molar-refractivity contribution in [2.24, 2.45) is 5.11 Å². The van der Waals surface area contributed by atoms with E-state index in [1.807, 2.05) is 24.3 Å². The molecule has 1 saturated heterocycles. The molecule has 1 aromatic carbocycles. The summed E-state index contributed by atoms with van der Waals surface area (Å²) in [4.78, 5) is 14.1. The van der Waals surface area contributed by atoms with E-state index >= 15 is 0 Å². The van der Waals surface area contributed by atoms with Gasteiger partial charge in [0.2, 0.25) is 5.95 Å². The van der Waals surface area contributed by atoms with Gasteiger partial charge in [-0.1, -0.05) is 35.4 Å². The summed E-state index contributed by atoms with van der Waals surface area (Å²) in [7, 11) is 0. The number of hydrogen-bond acceptors (Lipinski definition) is 5. The average Bonchev–Trinajstić information content (AvgIpc) is 3.09. The lowest BCUT2D eigenvalue weighted by atomic mass is 10.1. The zero-order valence-electron chi connectivity index (χ0n) is 13.7. The molecule has 1 aliphatic heterocycles. The van der Waals surface area contributed by atoms with E-state index in [0.29, 0.717) is 12.5 Å². The highest BCUT2D eigenvalue weighted by Gasteiger charge is 2.25. The largest absolute Gasteiger partial charge is 0.353 e. The van der Waals surface area contributed by atoms with Crippen LogP contribution in [0.3, 0.4) is 0 Å². The maximum Gasteiger partial charge on any atom is 0.225 e. The van der Waals surface area contributed by atoms with E-state index in [2.05, 4.69) is 49.3 Å². The smallest absolute Gasteiger partial charge is 0.225 e. The number of benzene rings is 1. The molecule has 24 heavy (non-hydrogen) atoms. The second-order valence-electron chi connectivity index (χ2n) is 5.92. The van der Waals surface area contributed by atoms with Gasteiger partial charge < -0.3 is 10.2 Å². The van der Waals surface area contributed by atoms with Crippen LogP contribution in [0.4, 0.5) is 11.8 Å². The zero-order valence-corrected chi connectivity index (χ0v) is 13.7. The van der Waals surface area contributed by atoms with Gasteiger partial charge in [0.05, 0.1) is 6.04 Å². The van der Waals surface area contributed by atoms with E-state index in [1.54, 1.807) is 6.20 Å². The summed E-state index contributed by atoms with van der Waals surface area (Å²) in [6, 6.07) is 12.5. The van der Waals surface area contributed by atoms with Crippen LogP contribution in [0.2, 0.25) is 0 Å². The van der Waals surface area contributed by atoms with Crippen LogP contribution in [0.5, 0.6) is 0 Å². The van der Waals surface area contributed by atoms with Gasteiger partial charge in [0, 0.05) is 30.2 Å². The Morgan fingerprint density at radius 3 is 3.00 bits per heavy atom. The minimum absolute atomic E-state index is 0.124. The van der Waals surface area contributed by atoms with Gasteiger partial charge in [0.1, 0.15) is 5.82 Å². The van der Waals surface area contributed by atoms with Crippen molar-refractivity contribution in [3.05, 3.63) is 58.6 Å². The number of aromatic nitrogens is 2. The monoisotopic (exact) mass is 323 g/mol. The van der Waals surface area contributed by atoms with Crippen molar-refractivity contribution in [1.29, 1.82) is 0 Å². The standard InChI is InChI=1S/C17H21N7/c1-13(14-6-3-2-4-7-14)21-17-19-10-9-16(22-17)24-11-5-8-15(24)12-20-23-18/h2-4,6-7,9-10,13,15H,5,8,11-12H2,1H3,(H,19,21,22)/t13-,15+/m1/s1. The molecule has 0 aliphatic carbocycles. The molecule has 1 aliphatic rings. The molecule has 1 aromatic heterocycles. The predicted molar refractivity (Wildman–Crippen MR) is 94.9 cm³/mol. The van der Waals surface area contributed by atoms with Crippen molar-refractivity contribution < 1.29 is 0 Å². The lowest BCUT2D eigenvalue weighted by molar-refractivity contribution is 0.668. The average molecular weight is 323 g/mol. The molecule has 2 atom stereocenters. The Labute approximate surface area is 141 Å². The second kappa shape index (κ2) is 7.66. The lowest BCUT2D eigenvalue weighted by Gasteiger charge is -2.25. The van der Waals surface area contributed by atoms with E-state index < -0.39 is 0 Å². The highest BCUT2D eigenvalue weighted by Crippen LogP contribution is 2.25. The van der Waals surface area contributed by atoms with Gasteiger partial charge in [0.15, 0.2) is 0 Å². The quantitative estimate of drug-likeness (QED) is 0.495. The predicted octanol–water partition coefficient (Wildman–Crippen LogP) is 3.93. The zero-order chi connectivity index (χ0) is 16.8. The van der Waals surface area contributed by atoms with Crippen molar-refractivity contribution in [1.82, 2.24) is 9.97 Å². The van der Waals surface area contributed by atoms with Gasteiger partial charge in [-0.3, -0.25) is 0 Å². The maximum absolute atomic E-state index is 8.54. The van der Waals surface area contributed by atoms with Crippen LogP contribution in [0, 0.1) is 0 Å². The number of nitrogens with one attached hydrogen (secondary N) is 1. The molecule has 7 nitrogen and oxygen atoms in total. The fourth-order valence-electron chi connectivity index (χ4n) is 3.06. The summed E-state index contributed by atoms with van der Waals surface area (Å²) < 4.78 is 0. The normalized spacial score (nSPS) is 18.0. The topological polar surface area (TPSA) is 89.8 Å². The van der Waals surface area contributed by atoms with Crippen molar-refractivity contribution in [3.63, 3.8) is 0 Å². The first-order chi connectivity index (χ1) is 11.8. The van der Waals surface area contributed by atoms with Crippen LogP contribution in [-0.4, -0.2) is 29.1 Å². The number of nitrogens with zero attached hydrogens (tertiary/aromatic N) is 6. The lowest BCUT2D eigenvalue weighted by Crippen LogP contribution is -2.32. The maximum atomic E-state index is 8.54. The van der Waals surface area contributed by atoms with Gasteiger partial charge in [-0.15, -0.1) is 0 Å². The highest BCUT2D eigenvalue weighted by atomic mass is 15.3. The number of anilines is 2. The van der Waals surface area contributed by atoms with Crippen molar-refractivity contribution in [3.8, 4) is 0 Å². The first-order valence-electron chi connectivity index (χ1n) is 8.20. The molecule has 1 N–H and O–H groups in total. The van der Waals surface area contributed by atoms with Gasteiger partial charge >= 0.3 is 0 Å². The molecule has 0 radical (unpaired) electrons. The Morgan fingerprint density at radius 1 is 1.38 bits per heavy atom. The Morgan fingerprint density at radius 2 is 2.21 bits per heavy atom. The third-order valence-corrected chi connectivity index (χ3v) is 4.31. The third kappa shape index (κ3) is 3.75. The minimum Gasteiger partial charge on any atom is -0.353 e. The van der Waals surface area contributed by atoms with Crippen LogP contribution in [-0.2, 0) is 0 Å². The molecule has 124 valence electrons. The molecule has 1 fully saturated rings. The van der Waals surface area contributed by atoms with E-state index in [1.165, 1.54) is 5.56 Å². The van der Waals surface area contributed by atoms with Gasteiger partial charge in [-0.05, 0) is 36.9 Å². The SMILES string of the molecule is C[C@@H](Nc1nccc(N2CCC[C@H]2CN=[N+]=[N-])n1)c1ccccc1. The summed E-state index contributed by atoms with van der Waals surface area (Å²) in [6.45, 7) is 3.49. The molecule has 0 unspecified atom stereocenters. The van der Waals surface area contributed by atoms with Crippen LogP contribution in [0.15, 0.2) is 47.7 Å². The Kier molecular flexibility index (Phi) is 5.13. The summed E-state index contributed by atoms with van der Waals surface area (Å²) in [6.07, 6.45) is 3.87. The summed E-state index contributed by atoms with van der Waals surface area (Å²) in [5.41, 5.74) is 9.73. The van der Waals surface area contributed by atoms with Crippen LogP contribution in [0.25, 0.3) is 10.4 Å². The fraction of sp³-hybridized carbons (Fsp3) is 0.412. The first kappa shape index (κ1) is 16.1. The third-order valence-electron chi connectivity index (χ3n) is 4.31. The second-order valence-corrected chi connectivity index (χ2v) is 5.92. The molecule has 0 spiro atoms. The first-order valence-corrected chi connectivity index (χ1v) is 8.20. The highest BCUT2D eigenvalue weighted by molar-refractivity contribution is 5.45. The van der Waals surface area contributed by atoms with Gasteiger partial charge in [-0.2, -0.15) is 4.98 Å². The Balaban J connectivity index is 1.73. The Bertz CT molecular complexity index is 712. The van der Waals surface area contributed by atoms with E-state index in [0.717, 1.165) is 25.2 Å². The molecule has 0 bridgehead atoms. The number of rotatable bonds is 6. The summed E-state index contributed by atoms with van der Waals surface area (Å²) >= 11 is 0. The van der Waals surface area contributed by atoms with Gasteiger partial charge in [-0.25, -0.2) is 4.98 Å². The van der Waals surface area contributed by atoms with Crippen LogP contribution >= 0.6 is 0 Å². The molecule has 0 saturated carbocycles. The van der Waals surface area contributed by atoms with Crippen molar-refractivity contribution in [2.45, 2.75) is 31.8 Å². The van der Waals surface area contributed by atoms with Crippen LogP contribution < -0.4 is 10.2 Å². The Hall–Kier alpha value is -2.79. The molecule has 2 heterocycles. The molecular weight excluding hydrogens is 302 g/mol. The minimum atomic E-state index is 0.124. The van der Waals surface area contributed by atoms with E-state index in [4.69, 9.17) is 5.53 Å². The van der Waals surface area contributed by atoms with E-state index in [9.17, 15) is 0 Å². The number of hydrogen-bond donors (Lipinski definition) is 1. The molecule has 3 rings (SSSR count). The molecule has 0 amide bonds. The summed E-state index contributed by atoms with van der Waals surface area (Å²) in [5.74, 6) is 1.49. The van der Waals surface area contributed by atoms with Gasteiger partial charge in [0.25, 0.3) is 0 Å². The summed E-state index contributed by atoms with van der Waals surface area (Å²) in [5, 5.41) is 7.07. The fourth-order valence-corrected chi connectivity index (χ4v) is 3.06. The molecule has 2 aromatic rings.